The fourth-order valence-corrected chi connectivity index (χ4v) is 2.44. The number of halogens is 2. The fourth-order valence-electron chi connectivity index (χ4n) is 1.98. The van der Waals surface area contributed by atoms with E-state index in [1.54, 1.807) is 0 Å². The minimum absolute atomic E-state index is 0.0364. The first-order valence-corrected chi connectivity index (χ1v) is 6.57. The Morgan fingerprint density at radius 2 is 2.17 bits per heavy atom. The van der Waals surface area contributed by atoms with Crippen molar-refractivity contribution in [3.63, 3.8) is 0 Å². The van der Waals surface area contributed by atoms with E-state index in [9.17, 15) is 4.79 Å². The number of aromatic nitrogens is 1. The maximum atomic E-state index is 12.0. The second kappa shape index (κ2) is 5.87. The molecule has 1 aromatic heterocycles. The predicted octanol–water partition coefficient (Wildman–Crippen LogP) is 2.69. The topological polar surface area (TPSA) is 51.2 Å². The van der Waals surface area contributed by atoms with E-state index < -0.39 is 0 Å². The first-order valence-electron chi connectivity index (χ1n) is 5.82. The van der Waals surface area contributed by atoms with Gasteiger partial charge >= 0.3 is 0 Å². The molecule has 1 saturated heterocycles. The summed E-state index contributed by atoms with van der Waals surface area (Å²) < 4.78 is 5.52. The molecule has 1 amide bonds. The van der Waals surface area contributed by atoms with Crippen molar-refractivity contribution in [2.75, 3.05) is 6.61 Å². The molecule has 98 valence electrons. The van der Waals surface area contributed by atoms with Crippen LogP contribution in [0.3, 0.4) is 0 Å². The first kappa shape index (κ1) is 13.6. The zero-order valence-corrected chi connectivity index (χ0v) is 11.5. The van der Waals surface area contributed by atoms with Gasteiger partial charge in [0.05, 0.1) is 12.1 Å². The van der Waals surface area contributed by atoms with Gasteiger partial charge in [-0.05, 0) is 31.9 Å². The standard InChI is InChI=1S/C12H14Cl2N2O2/c1-7(9-3-2-4-18-9)15-12(17)8-5-10(13)16-11(14)6-8/h5-7,9H,2-4H2,1H3,(H,15,17). The van der Waals surface area contributed by atoms with Gasteiger partial charge in [-0.2, -0.15) is 0 Å². The summed E-state index contributed by atoms with van der Waals surface area (Å²) in [4.78, 5) is 15.8. The molecule has 1 aromatic rings. The van der Waals surface area contributed by atoms with Crippen molar-refractivity contribution in [2.45, 2.75) is 31.9 Å². The summed E-state index contributed by atoms with van der Waals surface area (Å²) >= 11 is 11.5. The highest BCUT2D eigenvalue weighted by Gasteiger charge is 2.24. The fraction of sp³-hybridized carbons (Fsp3) is 0.500. The van der Waals surface area contributed by atoms with Crippen molar-refractivity contribution in [1.82, 2.24) is 10.3 Å². The lowest BCUT2D eigenvalue weighted by atomic mass is 10.1. The summed E-state index contributed by atoms with van der Waals surface area (Å²) in [5.41, 5.74) is 0.407. The van der Waals surface area contributed by atoms with Crippen LogP contribution in [-0.2, 0) is 4.74 Å². The Bertz CT molecular complexity index is 427. The largest absolute Gasteiger partial charge is 0.376 e. The van der Waals surface area contributed by atoms with Crippen LogP contribution in [0.1, 0.15) is 30.1 Å². The number of hydrogen-bond donors (Lipinski definition) is 1. The highest BCUT2D eigenvalue weighted by Crippen LogP contribution is 2.17. The van der Waals surface area contributed by atoms with Gasteiger partial charge in [-0.1, -0.05) is 23.2 Å². The SMILES string of the molecule is CC(NC(=O)c1cc(Cl)nc(Cl)c1)C1CCCO1. The van der Waals surface area contributed by atoms with Crippen LogP contribution < -0.4 is 5.32 Å². The zero-order chi connectivity index (χ0) is 13.1. The number of amides is 1. The van der Waals surface area contributed by atoms with E-state index in [0.717, 1.165) is 19.4 Å². The predicted molar refractivity (Wildman–Crippen MR) is 70.2 cm³/mol. The van der Waals surface area contributed by atoms with Gasteiger partial charge in [0.2, 0.25) is 0 Å². The summed E-state index contributed by atoms with van der Waals surface area (Å²) in [6.07, 6.45) is 2.10. The van der Waals surface area contributed by atoms with Crippen molar-refractivity contribution >= 4 is 29.1 Å². The lowest BCUT2D eigenvalue weighted by Gasteiger charge is -2.20. The number of hydrogen-bond acceptors (Lipinski definition) is 3. The number of carbonyl (C=O) groups is 1. The molecular formula is C12H14Cl2N2O2. The molecule has 0 spiro atoms. The van der Waals surface area contributed by atoms with Gasteiger partial charge in [-0.3, -0.25) is 4.79 Å². The Morgan fingerprint density at radius 1 is 1.50 bits per heavy atom. The van der Waals surface area contributed by atoms with Crippen LogP contribution in [0.25, 0.3) is 0 Å². The number of carbonyl (C=O) groups excluding carboxylic acids is 1. The average Bonchev–Trinajstić information content (AvgIpc) is 2.80. The molecule has 0 bridgehead atoms. The highest BCUT2D eigenvalue weighted by atomic mass is 35.5. The molecule has 2 atom stereocenters. The van der Waals surface area contributed by atoms with Crippen molar-refractivity contribution < 1.29 is 9.53 Å². The molecule has 0 aliphatic carbocycles. The molecule has 0 aromatic carbocycles. The molecule has 6 heteroatoms. The van der Waals surface area contributed by atoms with Gasteiger partial charge in [0.1, 0.15) is 10.3 Å². The normalized spacial score (nSPS) is 20.7. The summed E-state index contributed by atoms with van der Waals surface area (Å²) in [6.45, 7) is 2.69. The molecule has 18 heavy (non-hydrogen) atoms. The van der Waals surface area contributed by atoms with E-state index in [-0.39, 0.29) is 28.4 Å². The van der Waals surface area contributed by atoms with E-state index in [4.69, 9.17) is 27.9 Å². The van der Waals surface area contributed by atoms with Crippen molar-refractivity contribution in [2.24, 2.45) is 0 Å². The number of nitrogens with one attached hydrogen (secondary N) is 1. The van der Waals surface area contributed by atoms with Crippen molar-refractivity contribution in [3.8, 4) is 0 Å². The quantitative estimate of drug-likeness (QED) is 0.870. The molecule has 1 fully saturated rings. The van der Waals surface area contributed by atoms with Crippen LogP contribution in [0, 0.1) is 0 Å². The van der Waals surface area contributed by atoms with Gasteiger partial charge in [0.15, 0.2) is 0 Å². The minimum Gasteiger partial charge on any atom is -0.376 e. The van der Waals surface area contributed by atoms with Gasteiger partial charge < -0.3 is 10.1 Å². The number of rotatable bonds is 3. The third-order valence-electron chi connectivity index (χ3n) is 2.91. The molecule has 2 unspecified atom stereocenters. The number of pyridine rings is 1. The number of ether oxygens (including phenoxy) is 1. The molecule has 2 rings (SSSR count). The molecule has 2 heterocycles. The van der Waals surface area contributed by atoms with Crippen LogP contribution in [-0.4, -0.2) is 29.6 Å². The third-order valence-corrected chi connectivity index (χ3v) is 3.29. The average molecular weight is 289 g/mol. The summed E-state index contributed by atoms with van der Waals surface area (Å²) in [7, 11) is 0. The van der Waals surface area contributed by atoms with E-state index in [1.165, 1.54) is 12.1 Å². The minimum atomic E-state index is -0.218. The zero-order valence-electron chi connectivity index (χ0n) is 9.95. The van der Waals surface area contributed by atoms with Gasteiger partial charge in [-0.15, -0.1) is 0 Å². The van der Waals surface area contributed by atoms with Crippen LogP contribution in [0.15, 0.2) is 12.1 Å². The van der Waals surface area contributed by atoms with Gasteiger partial charge in [-0.25, -0.2) is 4.98 Å². The summed E-state index contributed by atoms with van der Waals surface area (Å²) in [5.74, 6) is -0.218. The lowest BCUT2D eigenvalue weighted by Crippen LogP contribution is -2.40. The Balaban J connectivity index is 2.02. The smallest absolute Gasteiger partial charge is 0.251 e. The maximum absolute atomic E-state index is 12.0. The Hall–Kier alpha value is -0.840. The summed E-state index contributed by atoms with van der Waals surface area (Å²) in [6, 6.07) is 2.95. The first-order chi connectivity index (χ1) is 8.56. The van der Waals surface area contributed by atoms with E-state index in [2.05, 4.69) is 10.3 Å². The monoisotopic (exact) mass is 288 g/mol. The lowest BCUT2D eigenvalue weighted by molar-refractivity contribution is 0.0712. The molecule has 4 nitrogen and oxygen atoms in total. The van der Waals surface area contributed by atoms with E-state index >= 15 is 0 Å². The van der Waals surface area contributed by atoms with E-state index in [0.29, 0.717) is 5.56 Å². The Labute approximate surface area is 116 Å². The van der Waals surface area contributed by atoms with Crippen LogP contribution in [0.4, 0.5) is 0 Å². The van der Waals surface area contributed by atoms with Crippen LogP contribution >= 0.6 is 23.2 Å². The highest BCUT2D eigenvalue weighted by molar-refractivity contribution is 6.33. The molecule has 1 aliphatic rings. The molecule has 1 aliphatic heterocycles. The summed E-state index contributed by atoms with van der Waals surface area (Å²) in [5, 5.41) is 3.30. The van der Waals surface area contributed by atoms with E-state index in [1.807, 2.05) is 6.92 Å². The van der Waals surface area contributed by atoms with Crippen molar-refractivity contribution in [1.29, 1.82) is 0 Å². The van der Waals surface area contributed by atoms with Crippen LogP contribution in [0.2, 0.25) is 10.3 Å². The third kappa shape index (κ3) is 3.34. The second-order valence-corrected chi connectivity index (χ2v) is 5.09. The van der Waals surface area contributed by atoms with Crippen molar-refractivity contribution in [3.05, 3.63) is 28.0 Å². The number of nitrogens with zero attached hydrogens (tertiary/aromatic N) is 1. The Kier molecular flexibility index (Phi) is 4.43. The van der Waals surface area contributed by atoms with Gasteiger partial charge in [0.25, 0.3) is 5.91 Å². The second-order valence-electron chi connectivity index (χ2n) is 4.31. The molecule has 0 radical (unpaired) electrons. The maximum Gasteiger partial charge on any atom is 0.251 e. The van der Waals surface area contributed by atoms with Gasteiger partial charge in [0, 0.05) is 12.2 Å². The molecule has 1 N–H and O–H groups in total. The Morgan fingerprint density at radius 3 is 2.72 bits per heavy atom. The molecule has 0 saturated carbocycles. The van der Waals surface area contributed by atoms with Crippen LogP contribution in [0.5, 0.6) is 0 Å². The molecular weight excluding hydrogens is 275 g/mol.